The van der Waals surface area contributed by atoms with E-state index < -0.39 is 0 Å². The van der Waals surface area contributed by atoms with Gasteiger partial charge >= 0.3 is 0 Å². The van der Waals surface area contributed by atoms with Crippen molar-refractivity contribution in [3.8, 4) is 0 Å². The Morgan fingerprint density at radius 1 is 1.36 bits per heavy atom. The van der Waals surface area contributed by atoms with E-state index in [0.717, 1.165) is 19.5 Å². The number of hydrogen-bond donors (Lipinski definition) is 1. The van der Waals surface area contributed by atoms with E-state index in [1.165, 1.54) is 5.56 Å². The highest BCUT2D eigenvalue weighted by atomic mass is 16.3. The van der Waals surface area contributed by atoms with Gasteiger partial charge in [0.25, 0.3) is 0 Å². The number of hydrogen-bond acceptors (Lipinski definition) is 2. The van der Waals surface area contributed by atoms with Crippen molar-refractivity contribution in [1.29, 1.82) is 0 Å². The van der Waals surface area contributed by atoms with E-state index in [1.807, 2.05) is 6.07 Å². The fourth-order valence-corrected chi connectivity index (χ4v) is 2.11. The normalized spacial score (nSPS) is 28.1. The van der Waals surface area contributed by atoms with Crippen LogP contribution in [0.25, 0.3) is 0 Å². The summed E-state index contributed by atoms with van der Waals surface area (Å²) in [5.74, 6) is 0. The van der Waals surface area contributed by atoms with Crippen molar-refractivity contribution < 1.29 is 5.11 Å². The topological polar surface area (TPSA) is 23.5 Å². The van der Waals surface area contributed by atoms with Gasteiger partial charge in [-0.25, -0.2) is 0 Å². The van der Waals surface area contributed by atoms with Gasteiger partial charge < -0.3 is 5.11 Å². The van der Waals surface area contributed by atoms with Gasteiger partial charge in [-0.3, -0.25) is 4.90 Å². The van der Waals surface area contributed by atoms with Gasteiger partial charge in [-0.15, -0.1) is 0 Å². The molecule has 1 heterocycles. The third-order valence-electron chi connectivity index (χ3n) is 2.91. The minimum atomic E-state index is -0.131. The number of β-amino-alcohol motifs (C(OH)–C–C–N with tert-alkyl or cyclic N) is 1. The Morgan fingerprint density at radius 2 is 2.07 bits per heavy atom. The molecule has 0 bridgehead atoms. The number of aliphatic hydroxyl groups is 1. The third kappa shape index (κ3) is 2.14. The summed E-state index contributed by atoms with van der Waals surface area (Å²) in [4.78, 5) is 2.33. The van der Waals surface area contributed by atoms with Gasteiger partial charge in [-0.05, 0) is 18.9 Å². The van der Waals surface area contributed by atoms with Gasteiger partial charge in [0.05, 0.1) is 6.10 Å². The van der Waals surface area contributed by atoms with E-state index in [4.69, 9.17) is 0 Å². The molecule has 1 saturated heterocycles. The quantitative estimate of drug-likeness (QED) is 0.768. The maximum atomic E-state index is 9.51. The lowest BCUT2D eigenvalue weighted by atomic mass is 10.2. The van der Waals surface area contributed by atoms with Gasteiger partial charge in [0.15, 0.2) is 0 Å². The minimum absolute atomic E-state index is 0.131. The second-order valence-corrected chi connectivity index (χ2v) is 4.15. The number of benzene rings is 1. The zero-order valence-electron chi connectivity index (χ0n) is 8.56. The first-order valence-electron chi connectivity index (χ1n) is 5.22. The van der Waals surface area contributed by atoms with Crippen LogP contribution in [0.3, 0.4) is 0 Å². The second kappa shape index (κ2) is 4.11. The van der Waals surface area contributed by atoms with Crippen LogP contribution in [0, 0.1) is 0 Å². The molecule has 0 aliphatic carbocycles. The lowest BCUT2D eigenvalue weighted by Gasteiger charge is -2.20. The van der Waals surface area contributed by atoms with Crippen molar-refractivity contribution in [2.45, 2.75) is 32.0 Å². The average Bonchev–Trinajstić information content (AvgIpc) is 2.47. The van der Waals surface area contributed by atoms with E-state index in [1.54, 1.807) is 0 Å². The molecule has 0 aromatic heterocycles. The molecule has 1 aliphatic rings. The maximum absolute atomic E-state index is 9.51. The summed E-state index contributed by atoms with van der Waals surface area (Å²) in [7, 11) is 0. The Balaban J connectivity index is 1.98. The van der Waals surface area contributed by atoms with Crippen molar-refractivity contribution >= 4 is 0 Å². The standard InChI is InChI=1S/C12H17NO/c1-10-7-12(14)9-13(10)8-11-5-3-2-4-6-11/h2-6,10,12,14H,7-9H2,1H3/t10-,12-/m1/s1. The molecule has 1 aliphatic heterocycles. The number of aliphatic hydroxyl groups excluding tert-OH is 1. The van der Waals surface area contributed by atoms with Crippen molar-refractivity contribution in [3.05, 3.63) is 35.9 Å². The molecule has 14 heavy (non-hydrogen) atoms. The molecule has 0 spiro atoms. The molecule has 0 amide bonds. The highest BCUT2D eigenvalue weighted by Crippen LogP contribution is 2.19. The fourth-order valence-electron chi connectivity index (χ4n) is 2.11. The van der Waals surface area contributed by atoms with Crippen LogP contribution in [-0.4, -0.2) is 28.7 Å². The second-order valence-electron chi connectivity index (χ2n) is 4.15. The molecule has 0 radical (unpaired) electrons. The van der Waals surface area contributed by atoms with Crippen LogP contribution in [0.4, 0.5) is 0 Å². The summed E-state index contributed by atoms with van der Waals surface area (Å²) in [6.07, 6.45) is 0.779. The zero-order valence-corrected chi connectivity index (χ0v) is 8.56. The van der Waals surface area contributed by atoms with Gasteiger partial charge in [-0.2, -0.15) is 0 Å². The van der Waals surface area contributed by atoms with Crippen LogP contribution in [0.5, 0.6) is 0 Å². The maximum Gasteiger partial charge on any atom is 0.0682 e. The molecular weight excluding hydrogens is 174 g/mol. The third-order valence-corrected chi connectivity index (χ3v) is 2.91. The van der Waals surface area contributed by atoms with Crippen molar-refractivity contribution in [1.82, 2.24) is 4.90 Å². The van der Waals surface area contributed by atoms with Gasteiger partial charge in [-0.1, -0.05) is 30.3 Å². The predicted molar refractivity (Wildman–Crippen MR) is 56.9 cm³/mol. The molecule has 1 fully saturated rings. The summed E-state index contributed by atoms with van der Waals surface area (Å²) in [5, 5.41) is 9.51. The zero-order chi connectivity index (χ0) is 9.97. The first kappa shape index (κ1) is 9.69. The minimum Gasteiger partial charge on any atom is -0.392 e. The molecule has 0 unspecified atom stereocenters. The smallest absolute Gasteiger partial charge is 0.0682 e. The molecule has 1 aromatic carbocycles. The number of likely N-dealkylation sites (tertiary alicyclic amines) is 1. The van der Waals surface area contributed by atoms with Crippen molar-refractivity contribution in [2.75, 3.05) is 6.54 Å². The molecular formula is C12H17NO. The van der Waals surface area contributed by atoms with Gasteiger partial charge in [0.2, 0.25) is 0 Å². The Bertz CT molecular complexity index is 286. The van der Waals surface area contributed by atoms with Crippen molar-refractivity contribution in [2.24, 2.45) is 0 Å². The molecule has 1 N–H and O–H groups in total. The van der Waals surface area contributed by atoms with E-state index in [0.29, 0.717) is 6.04 Å². The van der Waals surface area contributed by atoms with Crippen LogP contribution in [0.15, 0.2) is 30.3 Å². The molecule has 2 atom stereocenters. The number of rotatable bonds is 2. The first-order valence-corrected chi connectivity index (χ1v) is 5.22. The Morgan fingerprint density at radius 3 is 2.64 bits per heavy atom. The molecule has 2 rings (SSSR count). The van der Waals surface area contributed by atoms with Crippen LogP contribution >= 0.6 is 0 Å². The molecule has 2 nitrogen and oxygen atoms in total. The summed E-state index contributed by atoms with van der Waals surface area (Å²) >= 11 is 0. The summed E-state index contributed by atoms with van der Waals surface area (Å²) < 4.78 is 0. The largest absolute Gasteiger partial charge is 0.392 e. The SMILES string of the molecule is C[C@@H]1C[C@@H](O)CN1Cc1ccccc1. The predicted octanol–water partition coefficient (Wildman–Crippen LogP) is 1.64. The monoisotopic (exact) mass is 191 g/mol. The summed E-state index contributed by atoms with van der Waals surface area (Å²) in [6, 6.07) is 10.9. The van der Waals surface area contributed by atoms with Gasteiger partial charge in [0.1, 0.15) is 0 Å². The molecule has 2 heteroatoms. The lowest BCUT2D eigenvalue weighted by molar-refractivity contribution is 0.173. The Labute approximate surface area is 85.2 Å². The highest BCUT2D eigenvalue weighted by molar-refractivity contribution is 5.14. The summed E-state index contributed by atoms with van der Waals surface area (Å²) in [6.45, 7) is 3.95. The highest BCUT2D eigenvalue weighted by Gasteiger charge is 2.26. The molecule has 0 saturated carbocycles. The Hall–Kier alpha value is -0.860. The van der Waals surface area contributed by atoms with E-state index in [9.17, 15) is 5.11 Å². The average molecular weight is 191 g/mol. The summed E-state index contributed by atoms with van der Waals surface area (Å²) in [5.41, 5.74) is 1.33. The van der Waals surface area contributed by atoms with Gasteiger partial charge in [0, 0.05) is 19.1 Å². The molecule has 1 aromatic rings. The van der Waals surface area contributed by atoms with Crippen LogP contribution in [-0.2, 0) is 6.54 Å². The first-order chi connectivity index (χ1) is 6.75. The fraction of sp³-hybridized carbons (Fsp3) is 0.500. The van der Waals surface area contributed by atoms with Crippen LogP contribution in [0.1, 0.15) is 18.9 Å². The number of nitrogens with zero attached hydrogens (tertiary/aromatic N) is 1. The lowest BCUT2D eigenvalue weighted by Crippen LogP contribution is -2.26. The van der Waals surface area contributed by atoms with E-state index in [-0.39, 0.29) is 6.10 Å². The van der Waals surface area contributed by atoms with Crippen molar-refractivity contribution in [3.63, 3.8) is 0 Å². The van der Waals surface area contributed by atoms with E-state index in [2.05, 4.69) is 36.1 Å². The molecule has 76 valence electrons. The van der Waals surface area contributed by atoms with Crippen LogP contribution in [0.2, 0.25) is 0 Å². The van der Waals surface area contributed by atoms with E-state index >= 15 is 0 Å². The van der Waals surface area contributed by atoms with Crippen LogP contribution < -0.4 is 0 Å². The Kier molecular flexibility index (Phi) is 2.85.